The van der Waals surface area contributed by atoms with Gasteiger partial charge in [-0.1, -0.05) is 69.6 Å². The Kier molecular flexibility index (Phi) is 21.9. The van der Waals surface area contributed by atoms with Crippen molar-refractivity contribution < 1.29 is 47.3 Å². The maximum Gasteiger partial charge on any atom is 0.495 e. The van der Waals surface area contributed by atoms with E-state index in [4.69, 9.17) is 39.7 Å². The van der Waals surface area contributed by atoms with Gasteiger partial charge in [0.05, 0.1) is 42.2 Å². The van der Waals surface area contributed by atoms with E-state index in [0.29, 0.717) is 50.0 Å². The highest BCUT2D eigenvalue weighted by Gasteiger charge is 2.53. The highest BCUT2D eigenvalue weighted by molar-refractivity contribution is 9.08. The van der Waals surface area contributed by atoms with Crippen LogP contribution in [0.15, 0.2) is 72.8 Å². The van der Waals surface area contributed by atoms with Crippen molar-refractivity contribution in [3.63, 3.8) is 0 Å². The standard InChI is InChI=1S/C27H36BBrN2O5.C14H17BBrClO3.C13H20N2O2.CH4/c1-17-20(11-10-12-22(17)34-9)23(32)30-31(25(2,3)4)24(33)18-13-14-19(16-29)21(15-18)28-35-26(5,6)27(7,8)36-28;1-13(2)14(3,4)20-15(19-13)11-7-9(12(17)18)5-6-10(11)8-16;1-9-10(7-6-8-11(9)17-5)12(16)14-15-13(2,3)4;/h10-15H,16H2,1-9H3,(H,30,32);5-7H,8H2,1-4H3;6-8,15H,1-5H3,(H,14,16);1H4. The first kappa shape index (κ1) is 64.0. The minimum atomic E-state index is -0.696. The minimum absolute atomic E-state index is 0. The number of carbonyl (C=O) groups is 4. The number of hydrogen-bond acceptors (Lipinski definition) is 11. The summed E-state index contributed by atoms with van der Waals surface area (Å²) in [5, 5.41) is 2.12. The molecule has 2 heterocycles. The Balaban J connectivity index is 0.000000321. The van der Waals surface area contributed by atoms with Crippen LogP contribution >= 0.6 is 43.5 Å². The molecule has 0 unspecified atom stereocenters. The Morgan fingerprint density at radius 2 is 1.00 bits per heavy atom. The van der Waals surface area contributed by atoms with E-state index in [1.165, 1.54) is 5.01 Å². The highest BCUT2D eigenvalue weighted by Crippen LogP contribution is 2.38. The maximum atomic E-state index is 13.8. The Labute approximate surface area is 462 Å². The van der Waals surface area contributed by atoms with Crippen LogP contribution < -0.4 is 36.7 Å². The van der Waals surface area contributed by atoms with Gasteiger partial charge in [0.15, 0.2) is 0 Å². The van der Waals surface area contributed by atoms with Crippen LogP contribution in [0.2, 0.25) is 0 Å². The predicted octanol–water partition coefficient (Wildman–Crippen LogP) is 10.7. The number of ether oxygens (including phenoxy) is 2. The molecule has 14 nitrogen and oxygen atoms in total. The average molecular weight is 1170 g/mol. The van der Waals surface area contributed by atoms with E-state index < -0.39 is 53.3 Å². The van der Waals surface area contributed by atoms with E-state index in [2.05, 4.69) is 48.1 Å². The van der Waals surface area contributed by atoms with Gasteiger partial charge in [-0.25, -0.2) is 10.4 Å². The average Bonchev–Trinajstić information content (AvgIpc) is 3.67. The molecule has 2 fully saturated rings. The van der Waals surface area contributed by atoms with Crippen molar-refractivity contribution in [3.8, 4) is 11.5 Å². The van der Waals surface area contributed by atoms with Crippen LogP contribution in [0.1, 0.15) is 168 Å². The lowest BCUT2D eigenvalue weighted by Gasteiger charge is -2.35. The van der Waals surface area contributed by atoms with E-state index >= 15 is 0 Å². The summed E-state index contributed by atoms with van der Waals surface area (Å²) in [5.41, 5.74) is 12.8. The van der Waals surface area contributed by atoms with E-state index in [-0.39, 0.29) is 24.8 Å². The number of amides is 3. The highest BCUT2D eigenvalue weighted by atomic mass is 79.9. The molecule has 0 saturated carbocycles. The molecule has 6 rings (SSSR count). The molecule has 3 amide bonds. The quantitative estimate of drug-likeness (QED) is 0.0567. The molecule has 2 aliphatic rings. The summed E-state index contributed by atoms with van der Waals surface area (Å²) in [6.45, 7) is 31.2. The van der Waals surface area contributed by atoms with Gasteiger partial charge < -0.3 is 28.1 Å². The van der Waals surface area contributed by atoms with Crippen molar-refractivity contribution in [3.05, 3.63) is 117 Å². The first-order chi connectivity index (χ1) is 33.6. The van der Waals surface area contributed by atoms with Crippen LogP contribution in [0.5, 0.6) is 11.5 Å². The van der Waals surface area contributed by atoms with Gasteiger partial charge in [-0.05, 0) is 187 Å². The van der Waals surface area contributed by atoms with Gasteiger partial charge in [-0.15, -0.1) is 0 Å². The summed E-state index contributed by atoms with van der Waals surface area (Å²) in [5.74, 6) is 0.437. The molecule has 2 aliphatic heterocycles. The SMILES string of the molecule is C.CC1(C)OB(c2cc(C(=O)Cl)ccc2CBr)OC1(C)C.COc1cccc(C(=O)NN(C(=O)c2ccc(CBr)c(B3OC(C)(C)C(C)(C)O3)c2)C(C)(C)C)c1C.COc1cccc(C(=O)NNC(C)(C)C)c1C. The minimum Gasteiger partial charge on any atom is -0.496 e. The molecule has 2 saturated heterocycles. The van der Waals surface area contributed by atoms with Crippen LogP contribution in [0.4, 0.5) is 0 Å². The lowest BCUT2D eigenvalue weighted by molar-refractivity contribution is 0.00578. The molecule has 0 bridgehead atoms. The lowest BCUT2D eigenvalue weighted by Crippen LogP contribution is -2.56. The number of rotatable bonds is 11. The van der Waals surface area contributed by atoms with Crippen LogP contribution in [0.25, 0.3) is 0 Å². The van der Waals surface area contributed by atoms with Gasteiger partial charge >= 0.3 is 14.2 Å². The number of benzene rings is 4. The Bertz CT molecular complexity index is 2620. The summed E-state index contributed by atoms with van der Waals surface area (Å²) in [7, 11) is 2.04. The maximum absolute atomic E-state index is 13.8. The van der Waals surface area contributed by atoms with Crippen molar-refractivity contribution >= 4 is 91.6 Å². The number of nitrogens with one attached hydrogen (secondary N) is 3. The number of nitrogens with zero attached hydrogens (tertiary/aromatic N) is 1. The first-order valence-corrected chi connectivity index (χ1v) is 26.6. The number of alkyl halides is 2. The van der Waals surface area contributed by atoms with Crippen molar-refractivity contribution in [2.45, 2.75) is 162 Å². The van der Waals surface area contributed by atoms with Gasteiger partial charge in [-0.3, -0.25) is 30.0 Å². The monoisotopic (exact) mass is 1170 g/mol. The van der Waals surface area contributed by atoms with E-state index in [1.807, 2.05) is 129 Å². The van der Waals surface area contributed by atoms with Crippen molar-refractivity contribution in [2.75, 3.05) is 14.2 Å². The van der Waals surface area contributed by atoms with Gasteiger partial charge in [-0.2, -0.15) is 0 Å². The number of carbonyl (C=O) groups excluding carboxylic acids is 4. The fraction of sp³-hybridized carbons (Fsp3) is 0.491. The molecule has 4 aromatic carbocycles. The molecular formula is C55H77B2Br2ClN4O10. The number of hydrogen-bond donors (Lipinski definition) is 3. The second kappa shape index (κ2) is 25.3. The van der Waals surface area contributed by atoms with Crippen molar-refractivity contribution in [2.24, 2.45) is 0 Å². The second-order valence-electron chi connectivity index (χ2n) is 21.9. The summed E-state index contributed by atoms with van der Waals surface area (Å²) in [4.78, 5) is 50.3. The number of hydrazine groups is 2. The lowest BCUT2D eigenvalue weighted by atomic mass is 9.75. The Morgan fingerprint density at radius 3 is 1.35 bits per heavy atom. The molecule has 0 aromatic heterocycles. The molecule has 74 heavy (non-hydrogen) atoms. The zero-order valence-electron chi connectivity index (χ0n) is 45.7. The van der Waals surface area contributed by atoms with Crippen LogP contribution in [-0.2, 0) is 29.3 Å². The Morgan fingerprint density at radius 1 is 0.622 bits per heavy atom. The fourth-order valence-corrected chi connectivity index (χ4v) is 8.50. The fourth-order valence-electron chi connectivity index (χ4n) is 7.36. The summed E-state index contributed by atoms with van der Waals surface area (Å²) >= 11 is 12.5. The third kappa shape index (κ3) is 15.5. The topological polar surface area (TPSA) is 163 Å². The molecule has 19 heteroatoms. The largest absolute Gasteiger partial charge is 0.496 e. The van der Waals surface area contributed by atoms with Crippen molar-refractivity contribution in [1.29, 1.82) is 0 Å². The van der Waals surface area contributed by atoms with Gasteiger partial charge in [0.1, 0.15) is 11.5 Å². The number of methoxy groups -OCH3 is 2. The smallest absolute Gasteiger partial charge is 0.495 e. The van der Waals surface area contributed by atoms with Crippen LogP contribution in [0.3, 0.4) is 0 Å². The van der Waals surface area contributed by atoms with Crippen LogP contribution in [0, 0.1) is 13.8 Å². The molecule has 4 aromatic rings. The van der Waals surface area contributed by atoms with Gasteiger partial charge in [0.2, 0.25) is 0 Å². The molecule has 0 aliphatic carbocycles. The molecular weight excluding hydrogens is 1090 g/mol. The Hall–Kier alpha value is -4.26. The zero-order chi connectivity index (χ0) is 55.2. The third-order valence-corrected chi connectivity index (χ3v) is 14.6. The second-order valence-corrected chi connectivity index (χ2v) is 23.4. The molecule has 0 spiro atoms. The summed E-state index contributed by atoms with van der Waals surface area (Å²) in [6, 6.07) is 21.4. The van der Waals surface area contributed by atoms with Crippen molar-refractivity contribution in [1.82, 2.24) is 21.3 Å². The molecule has 0 atom stereocenters. The molecule has 404 valence electrons. The first-order valence-electron chi connectivity index (χ1n) is 23.9. The predicted molar refractivity (Wildman–Crippen MR) is 306 cm³/mol. The van der Waals surface area contributed by atoms with E-state index in [1.54, 1.807) is 68.8 Å². The van der Waals surface area contributed by atoms with Crippen LogP contribution in [-0.4, -0.2) is 89.9 Å². The van der Waals surface area contributed by atoms with Gasteiger partial charge in [0, 0.05) is 49.6 Å². The molecule has 0 radical (unpaired) electrons. The zero-order valence-corrected chi connectivity index (χ0v) is 49.6. The van der Waals surface area contributed by atoms with Gasteiger partial charge in [0.25, 0.3) is 23.0 Å². The normalized spacial score (nSPS) is 16.1. The summed E-state index contributed by atoms with van der Waals surface area (Å²) in [6.07, 6.45) is 0. The third-order valence-electron chi connectivity index (χ3n) is 13.2. The summed E-state index contributed by atoms with van der Waals surface area (Å²) < 4.78 is 35.1. The van der Waals surface area contributed by atoms with E-state index in [0.717, 1.165) is 27.6 Å². The number of halogens is 3. The van der Waals surface area contributed by atoms with E-state index in [9.17, 15) is 19.2 Å². The molecule has 3 N–H and O–H groups in total.